The molecular weight excluding hydrogens is 214 g/mol. The second kappa shape index (κ2) is 4.98. The van der Waals surface area contributed by atoms with Gasteiger partial charge in [-0.2, -0.15) is 0 Å². The lowest BCUT2D eigenvalue weighted by atomic mass is 9.96. The fourth-order valence-electron chi connectivity index (χ4n) is 2.08. The second-order valence-electron chi connectivity index (χ2n) is 4.48. The molecule has 1 aromatic heterocycles. The molecule has 0 saturated carbocycles. The van der Waals surface area contributed by atoms with Crippen LogP contribution in [0.3, 0.4) is 0 Å². The predicted molar refractivity (Wildman–Crippen MR) is 72.8 cm³/mol. The topological polar surface area (TPSA) is 26.0 Å². The fourth-order valence-corrected chi connectivity index (χ4v) is 3.28. The van der Waals surface area contributed by atoms with Crippen LogP contribution in [0.25, 0.3) is 10.1 Å². The van der Waals surface area contributed by atoms with E-state index in [0.29, 0.717) is 5.92 Å². The molecule has 86 valence electrons. The monoisotopic (exact) mass is 233 g/mol. The van der Waals surface area contributed by atoms with Gasteiger partial charge in [0.25, 0.3) is 0 Å². The van der Waals surface area contributed by atoms with Crippen molar-refractivity contribution in [3.63, 3.8) is 0 Å². The van der Waals surface area contributed by atoms with E-state index < -0.39 is 0 Å². The summed E-state index contributed by atoms with van der Waals surface area (Å²) in [6.07, 6.45) is 2.41. The number of nitrogens with two attached hydrogens (primary N) is 1. The Morgan fingerprint density at radius 2 is 2.06 bits per heavy atom. The van der Waals surface area contributed by atoms with E-state index in [1.54, 1.807) is 0 Å². The zero-order valence-corrected chi connectivity index (χ0v) is 10.8. The summed E-state index contributed by atoms with van der Waals surface area (Å²) in [4.78, 5) is 1.32. The molecule has 1 aromatic carbocycles. The van der Waals surface area contributed by atoms with Crippen molar-refractivity contribution in [3.8, 4) is 0 Å². The van der Waals surface area contributed by atoms with Crippen molar-refractivity contribution in [2.75, 3.05) is 0 Å². The first-order chi connectivity index (χ1) is 7.72. The lowest BCUT2D eigenvalue weighted by Gasteiger charge is -2.17. The molecule has 2 rings (SSSR count). The Balaban J connectivity index is 2.26. The number of benzene rings is 1. The normalized spacial score (nSPS) is 15.2. The Kier molecular flexibility index (Phi) is 3.62. The molecule has 2 heteroatoms. The van der Waals surface area contributed by atoms with Gasteiger partial charge in [0.2, 0.25) is 0 Å². The highest BCUT2D eigenvalue weighted by Crippen LogP contribution is 2.33. The number of thiophene rings is 1. The van der Waals surface area contributed by atoms with Crippen molar-refractivity contribution in [2.45, 2.75) is 32.7 Å². The van der Waals surface area contributed by atoms with Gasteiger partial charge in [-0.3, -0.25) is 0 Å². The van der Waals surface area contributed by atoms with Crippen LogP contribution in [-0.4, -0.2) is 0 Å². The summed E-state index contributed by atoms with van der Waals surface area (Å²) in [6.45, 7) is 4.46. The van der Waals surface area contributed by atoms with E-state index in [0.717, 1.165) is 0 Å². The third-order valence-electron chi connectivity index (χ3n) is 3.13. The van der Waals surface area contributed by atoms with Crippen LogP contribution < -0.4 is 5.73 Å². The van der Waals surface area contributed by atoms with Crippen LogP contribution >= 0.6 is 11.3 Å². The number of fused-ring (bicyclic) bond motifs is 1. The van der Waals surface area contributed by atoms with Crippen molar-refractivity contribution in [2.24, 2.45) is 11.7 Å². The summed E-state index contributed by atoms with van der Waals surface area (Å²) in [5.41, 5.74) is 6.30. The molecule has 0 saturated heterocycles. The molecular formula is C14H19NS. The summed E-state index contributed by atoms with van der Waals surface area (Å²) in [5, 5.41) is 1.32. The van der Waals surface area contributed by atoms with Crippen LogP contribution in [-0.2, 0) is 0 Å². The molecule has 0 radical (unpaired) electrons. The minimum Gasteiger partial charge on any atom is -0.323 e. The smallest absolute Gasteiger partial charge is 0.0416 e. The molecule has 16 heavy (non-hydrogen) atoms. The van der Waals surface area contributed by atoms with Crippen LogP contribution in [0.4, 0.5) is 0 Å². The van der Waals surface area contributed by atoms with Gasteiger partial charge in [0.05, 0.1) is 0 Å². The minimum absolute atomic E-state index is 0.192. The maximum atomic E-state index is 6.30. The lowest BCUT2D eigenvalue weighted by molar-refractivity contribution is 0.439. The molecule has 0 aliphatic heterocycles. The highest BCUT2D eigenvalue weighted by Gasteiger charge is 2.16. The maximum Gasteiger partial charge on any atom is 0.0416 e. The highest BCUT2D eigenvalue weighted by atomic mass is 32.1. The van der Waals surface area contributed by atoms with Gasteiger partial charge < -0.3 is 5.73 Å². The number of hydrogen-bond donors (Lipinski definition) is 1. The second-order valence-corrected chi connectivity index (χ2v) is 5.59. The molecule has 0 spiro atoms. The Hall–Kier alpha value is -0.860. The van der Waals surface area contributed by atoms with Gasteiger partial charge in [0.1, 0.15) is 0 Å². The predicted octanol–water partition coefficient (Wildman–Crippen LogP) is 4.34. The number of rotatable bonds is 4. The Morgan fingerprint density at radius 3 is 2.75 bits per heavy atom. The van der Waals surface area contributed by atoms with Crippen molar-refractivity contribution >= 4 is 21.4 Å². The SMILES string of the molecule is CCCC(C)C(N)c1cc2ccccc2s1. The minimum atomic E-state index is 0.192. The molecule has 0 aliphatic carbocycles. The molecule has 1 nitrogen and oxygen atoms in total. The third-order valence-corrected chi connectivity index (χ3v) is 4.35. The van der Waals surface area contributed by atoms with Gasteiger partial charge in [-0.25, -0.2) is 0 Å². The summed E-state index contributed by atoms with van der Waals surface area (Å²) in [5.74, 6) is 0.568. The third kappa shape index (κ3) is 2.28. The highest BCUT2D eigenvalue weighted by molar-refractivity contribution is 7.19. The van der Waals surface area contributed by atoms with Gasteiger partial charge in [0.15, 0.2) is 0 Å². The molecule has 2 aromatic rings. The molecule has 0 aliphatic rings. The summed E-state index contributed by atoms with van der Waals surface area (Å²) >= 11 is 1.83. The molecule has 2 unspecified atom stereocenters. The lowest BCUT2D eigenvalue weighted by Crippen LogP contribution is -2.17. The van der Waals surface area contributed by atoms with E-state index in [2.05, 4.69) is 44.2 Å². The van der Waals surface area contributed by atoms with Gasteiger partial charge in [-0.1, -0.05) is 38.5 Å². The van der Waals surface area contributed by atoms with Crippen molar-refractivity contribution < 1.29 is 0 Å². The van der Waals surface area contributed by atoms with Crippen LogP contribution in [0.1, 0.15) is 37.6 Å². The molecule has 0 amide bonds. The quantitative estimate of drug-likeness (QED) is 0.835. The number of hydrogen-bond acceptors (Lipinski definition) is 2. The average Bonchev–Trinajstić information content (AvgIpc) is 2.71. The van der Waals surface area contributed by atoms with E-state index in [9.17, 15) is 0 Å². The van der Waals surface area contributed by atoms with Gasteiger partial charge in [-0.05, 0) is 29.9 Å². The maximum absolute atomic E-state index is 6.30. The molecule has 0 fully saturated rings. The Labute approximate surface area is 101 Å². The zero-order valence-electron chi connectivity index (χ0n) is 9.94. The first-order valence-corrected chi connectivity index (χ1v) is 6.78. The standard InChI is InChI=1S/C14H19NS/c1-3-6-10(2)14(15)13-9-11-7-4-5-8-12(11)16-13/h4-5,7-10,14H,3,6,15H2,1-2H3. The first-order valence-electron chi connectivity index (χ1n) is 5.96. The van der Waals surface area contributed by atoms with Gasteiger partial charge in [0, 0.05) is 15.6 Å². The van der Waals surface area contributed by atoms with E-state index in [1.807, 2.05) is 11.3 Å². The Bertz CT molecular complexity index is 427. The first kappa shape index (κ1) is 11.6. The van der Waals surface area contributed by atoms with E-state index in [1.165, 1.54) is 27.8 Å². The van der Waals surface area contributed by atoms with E-state index in [4.69, 9.17) is 5.73 Å². The molecule has 0 bridgehead atoms. The molecule has 1 heterocycles. The Morgan fingerprint density at radius 1 is 1.31 bits per heavy atom. The fraction of sp³-hybridized carbons (Fsp3) is 0.429. The van der Waals surface area contributed by atoms with E-state index >= 15 is 0 Å². The van der Waals surface area contributed by atoms with Crippen molar-refractivity contribution in [3.05, 3.63) is 35.2 Å². The zero-order chi connectivity index (χ0) is 11.5. The van der Waals surface area contributed by atoms with E-state index in [-0.39, 0.29) is 6.04 Å². The van der Waals surface area contributed by atoms with Crippen LogP contribution in [0, 0.1) is 5.92 Å². The van der Waals surface area contributed by atoms with Gasteiger partial charge >= 0.3 is 0 Å². The van der Waals surface area contributed by atoms with Crippen LogP contribution in [0.2, 0.25) is 0 Å². The largest absolute Gasteiger partial charge is 0.323 e. The summed E-state index contributed by atoms with van der Waals surface area (Å²) in [6, 6.07) is 10.9. The molecule has 2 atom stereocenters. The summed E-state index contributed by atoms with van der Waals surface area (Å²) in [7, 11) is 0. The van der Waals surface area contributed by atoms with Crippen LogP contribution in [0.5, 0.6) is 0 Å². The summed E-state index contributed by atoms with van der Waals surface area (Å²) < 4.78 is 1.34. The van der Waals surface area contributed by atoms with Gasteiger partial charge in [-0.15, -0.1) is 11.3 Å². The van der Waals surface area contributed by atoms with Crippen molar-refractivity contribution in [1.82, 2.24) is 0 Å². The van der Waals surface area contributed by atoms with Crippen molar-refractivity contribution in [1.29, 1.82) is 0 Å². The molecule has 2 N–H and O–H groups in total. The van der Waals surface area contributed by atoms with Crippen LogP contribution in [0.15, 0.2) is 30.3 Å². The average molecular weight is 233 g/mol.